The molecule has 0 bridgehead atoms. The molecule has 158 valence electrons. The van der Waals surface area contributed by atoms with E-state index in [1.54, 1.807) is 49.7 Å². The van der Waals surface area contributed by atoms with E-state index >= 15 is 0 Å². The number of nitriles is 1. The predicted molar refractivity (Wildman–Crippen MR) is 119 cm³/mol. The van der Waals surface area contributed by atoms with E-state index in [-0.39, 0.29) is 24.5 Å². The van der Waals surface area contributed by atoms with Crippen LogP contribution < -0.4 is 0 Å². The average Bonchev–Trinajstić information content (AvgIpc) is 2.84. The molecule has 0 spiro atoms. The fraction of sp³-hybridized carbons (Fsp3) is 0.154. The summed E-state index contributed by atoms with van der Waals surface area (Å²) in [7, 11) is 0. The molecule has 2 aromatic carbocycles. The molecule has 32 heavy (non-hydrogen) atoms. The third kappa shape index (κ3) is 3.65. The lowest BCUT2D eigenvalue weighted by Crippen LogP contribution is -2.49. The maximum absolute atomic E-state index is 13.5. The predicted octanol–water partition coefficient (Wildman–Crippen LogP) is 4.35. The van der Waals surface area contributed by atoms with Crippen molar-refractivity contribution in [3.05, 3.63) is 107 Å². The van der Waals surface area contributed by atoms with Crippen LogP contribution in [-0.2, 0) is 16.7 Å². The van der Waals surface area contributed by atoms with Crippen LogP contribution in [0.1, 0.15) is 44.3 Å². The highest BCUT2D eigenvalue weighted by Crippen LogP contribution is 2.40. The molecule has 1 aromatic heterocycles. The summed E-state index contributed by atoms with van der Waals surface area (Å²) in [6.45, 7) is 1.95. The van der Waals surface area contributed by atoms with Gasteiger partial charge in [-0.15, -0.1) is 0 Å². The fourth-order valence-corrected chi connectivity index (χ4v) is 3.97. The van der Waals surface area contributed by atoms with Gasteiger partial charge < -0.3 is 4.74 Å². The van der Waals surface area contributed by atoms with Gasteiger partial charge in [0.1, 0.15) is 0 Å². The van der Waals surface area contributed by atoms with Crippen molar-refractivity contribution in [1.29, 1.82) is 5.26 Å². The zero-order valence-electron chi connectivity index (χ0n) is 17.6. The van der Waals surface area contributed by atoms with Gasteiger partial charge in [-0.25, -0.2) is 4.79 Å². The van der Waals surface area contributed by atoms with E-state index in [2.05, 4.69) is 11.1 Å². The first kappa shape index (κ1) is 21.0. The second-order valence-electron chi connectivity index (χ2n) is 7.35. The van der Waals surface area contributed by atoms with Gasteiger partial charge in [0.05, 0.1) is 18.2 Å². The van der Waals surface area contributed by atoms with Crippen molar-refractivity contribution in [1.82, 2.24) is 9.88 Å². The van der Waals surface area contributed by atoms with E-state index < -0.39 is 11.5 Å². The van der Waals surface area contributed by atoms with Crippen molar-refractivity contribution in [2.45, 2.75) is 18.9 Å². The Morgan fingerprint density at radius 1 is 1.09 bits per heavy atom. The van der Waals surface area contributed by atoms with Gasteiger partial charge in [-0.1, -0.05) is 42.5 Å². The van der Waals surface area contributed by atoms with E-state index in [9.17, 15) is 14.9 Å². The third-order valence-electron chi connectivity index (χ3n) is 5.50. The number of benzene rings is 2. The molecule has 0 saturated heterocycles. The maximum Gasteiger partial charge on any atom is 0.339 e. The van der Waals surface area contributed by atoms with Gasteiger partial charge >= 0.3 is 5.97 Å². The number of rotatable bonds is 5. The van der Waals surface area contributed by atoms with Gasteiger partial charge in [0.15, 0.2) is 5.54 Å². The highest BCUT2D eigenvalue weighted by molar-refractivity contribution is 5.97. The van der Waals surface area contributed by atoms with Crippen LogP contribution in [0.3, 0.4) is 0 Å². The first-order chi connectivity index (χ1) is 15.6. The van der Waals surface area contributed by atoms with Crippen molar-refractivity contribution >= 4 is 18.0 Å². The van der Waals surface area contributed by atoms with Crippen molar-refractivity contribution in [2.75, 3.05) is 6.61 Å². The Balaban J connectivity index is 1.87. The van der Waals surface area contributed by atoms with Crippen LogP contribution in [0.2, 0.25) is 0 Å². The lowest BCUT2D eigenvalue weighted by molar-refractivity contribution is 0.0524. The molecule has 1 aliphatic heterocycles. The molecule has 0 radical (unpaired) electrons. The second-order valence-corrected chi connectivity index (χ2v) is 7.35. The Morgan fingerprint density at radius 2 is 1.84 bits per heavy atom. The van der Waals surface area contributed by atoms with E-state index in [4.69, 9.17) is 4.74 Å². The number of hydrogen-bond acceptors (Lipinski definition) is 5. The number of fused-ring (bicyclic) bond motifs is 1. The number of hydrogen-bond donors (Lipinski definition) is 0. The summed E-state index contributed by atoms with van der Waals surface area (Å²) in [5, 5.41) is 10.5. The van der Waals surface area contributed by atoms with E-state index in [0.29, 0.717) is 16.7 Å². The van der Waals surface area contributed by atoms with Crippen LogP contribution in [0.25, 0.3) is 6.08 Å². The Labute approximate surface area is 186 Å². The highest BCUT2D eigenvalue weighted by atomic mass is 16.5. The standard InChI is InChI=1S/C26H21N3O3/c1-2-32-25(31)22-17-28-14-12-21(22)16-26(18-27)23-11-7-6-8-19(23)13-15-29(26)24(30)20-9-4-3-5-10-20/h3-15,17H,2,16H2,1H3/t26-/m1/s1. The zero-order chi connectivity index (χ0) is 22.6. The zero-order valence-corrected chi connectivity index (χ0v) is 17.6. The smallest absolute Gasteiger partial charge is 0.339 e. The molecule has 0 fully saturated rings. The molecule has 6 nitrogen and oxygen atoms in total. The first-order valence-corrected chi connectivity index (χ1v) is 10.3. The Morgan fingerprint density at radius 3 is 2.59 bits per heavy atom. The molecule has 1 amide bonds. The van der Waals surface area contributed by atoms with Crippen LogP contribution >= 0.6 is 0 Å². The van der Waals surface area contributed by atoms with E-state index in [1.165, 1.54) is 11.1 Å². The molecular formula is C26H21N3O3. The Kier molecular flexibility index (Phi) is 5.82. The normalized spacial score (nSPS) is 16.7. The number of carbonyl (C=O) groups is 2. The number of carbonyl (C=O) groups excluding carboxylic acids is 2. The average molecular weight is 423 g/mol. The van der Waals surface area contributed by atoms with Gasteiger partial charge in [-0.3, -0.25) is 14.7 Å². The molecule has 4 rings (SSSR count). The van der Waals surface area contributed by atoms with Gasteiger partial charge in [0, 0.05) is 30.6 Å². The summed E-state index contributed by atoms with van der Waals surface area (Å²) >= 11 is 0. The summed E-state index contributed by atoms with van der Waals surface area (Å²) in [4.78, 5) is 31.6. The van der Waals surface area contributed by atoms with Crippen molar-refractivity contribution in [3.8, 4) is 6.07 Å². The van der Waals surface area contributed by atoms with Crippen LogP contribution in [0, 0.1) is 11.3 Å². The number of esters is 1. The molecule has 0 saturated carbocycles. The SMILES string of the molecule is CCOC(=O)c1cnccc1C[C@@]1(C#N)c2ccccc2C=CN1C(=O)c1ccccc1. The number of ether oxygens (including phenoxy) is 1. The lowest BCUT2D eigenvalue weighted by Gasteiger charge is -2.40. The number of pyridine rings is 1. The molecule has 6 heteroatoms. The summed E-state index contributed by atoms with van der Waals surface area (Å²) in [5.41, 5.74) is 1.51. The lowest BCUT2D eigenvalue weighted by atomic mass is 9.78. The van der Waals surface area contributed by atoms with Crippen LogP contribution in [-0.4, -0.2) is 28.4 Å². The summed E-state index contributed by atoms with van der Waals surface area (Å²) < 4.78 is 5.18. The first-order valence-electron chi connectivity index (χ1n) is 10.3. The van der Waals surface area contributed by atoms with Gasteiger partial charge in [0.2, 0.25) is 0 Å². The van der Waals surface area contributed by atoms with Crippen molar-refractivity contribution in [2.24, 2.45) is 0 Å². The molecule has 3 aromatic rings. The molecule has 2 heterocycles. The summed E-state index contributed by atoms with van der Waals surface area (Å²) in [5.74, 6) is -0.811. The monoisotopic (exact) mass is 423 g/mol. The van der Waals surface area contributed by atoms with Crippen LogP contribution in [0.15, 0.2) is 79.3 Å². The molecule has 1 aliphatic rings. The Hall–Kier alpha value is -4.24. The molecular weight excluding hydrogens is 402 g/mol. The van der Waals surface area contributed by atoms with E-state index in [1.807, 2.05) is 36.4 Å². The number of amides is 1. The van der Waals surface area contributed by atoms with Crippen molar-refractivity contribution < 1.29 is 14.3 Å². The highest BCUT2D eigenvalue weighted by Gasteiger charge is 2.45. The minimum Gasteiger partial charge on any atom is -0.462 e. The van der Waals surface area contributed by atoms with Gasteiger partial charge in [-0.2, -0.15) is 5.26 Å². The number of aromatic nitrogens is 1. The van der Waals surface area contributed by atoms with Crippen molar-refractivity contribution in [3.63, 3.8) is 0 Å². The second kappa shape index (κ2) is 8.86. The van der Waals surface area contributed by atoms with Crippen LogP contribution in [0.4, 0.5) is 0 Å². The van der Waals surface area contributed by atoms with Gasteiger partial charge in [-0.05, 0) is 47.9 Å². The number of nitrogens with zero attached hydrogens (tertiary/aromatic N) is 3. The van der Waals surface area contributed by atoms with Crippen LogP contribution in [0.5, 0.6) is 0 Å². The molecule has 1 atom stereocenters. The largest absolute Gasteiger partial charge is 0.462 e. The minimum absolute atomic E-state index is 0.0973. The topological polar surface area (TPSA) is 83.3 Å². The quantitative estimate of drug-likeness (QED) is 0.570. The van der Waals surface area contributed by atoms with Gasteiger partial charge in [0.25, 0.3) is 5.91 Å². The Bertz CT molecular complexity index is 1230. The summed E-state index contributed by atoms with van der Waals surface area (Å²) in [6, 6.07) is 20.4. The molecule has 0 unspecified atom stereocenters. The third-order valence-corrected chi connectivity index (χ3v) is 5.50. The molecule has 0 N–H and O–H groups in total. The molecule has 0 aliphatic carbocycles. The maximum atomic E-state index is 13.5. The summed E-state index contributed by atoms with van der Waals surface area (Å²) in [6.07, 6.45) is 6.57. The fourth-order valence-electron chi connectivity index (χ4n) is 3.97. The minimum atomic E-state index is -1.36. The van der Waals surface area contributed by atoms with E-state index in [0.717, 1.165) is 5.56 Å².